The van der Waals surface area contributed by atoms with Crippen LogP contribution in [0.1, 0.15) is 45.2 Å². The minimum absolute atomic E-state index is 0.0427. The van der Waals surface area contributed by atoms with Crippen LogP contribution in [0.3, 0.4) is 0 Å². The summed E-state index contributed by atoms with van der Waals surface area (Å²) in [6.07, 6.45) is -1.05. The second-order valence-electron chi connectivity index (χ2n) is 9.35. The Kier molecular flexibility index (Phi) is 5.71. The molecule has 9 heteroatoms. The zero-order valence-electron chi connectivity index (χ0n) is 19.5. The number of aliphatic hydroxyl groups is 2. The minimum Gasteiger partial charge on any atom is -0.504 e. The van der Waals surface area contributed by atoms with Gasteiger partial charge in [-0.25, -0.2) is 9.59 Å². The normalized spacial score (nSPS) is 31.2. The molecule has 0 saturated heterocycles. The number of aromatic hydroxyl groups is 1. The van der Waals surface area contributed by atoms with Crippen LogP contribution in [-0.2, 0) is 30.9 Å². The minimum atomic E-state index is -1.37. The fourth-order valence-electron chi connectivity index (χ4n) is 5.41. The first-order valence-corrected chi connectivity index (χ1v) is 11.2. The predicted molar refractivity (Wildman–Crippen MR) is 117 cm³/mol. The first-order chi connectivity index (χ1) is 15.5. The van der Waals surface area contributed by atoms with Gasteiger partial charge in [0.15, 0.2) is 23.7 Å². The van der Waals surface area contributed by atoms with Gasteiger partial charge < -0.3 is 34.4 Å². The molecule has 6 atom stereocenters. The van der Waals surface area contributed by atoms with Gasteiger partial charge in [-0.05, 0) is 58.5 Å². The number of phenols is 1. The lowest BCUT2D eigenvalue weighted by molar-refractivity contribution is -0.172. The number of ether oxygens (including phenoxy) is 3. The first kappa shape index (κ1) is 23.5. The van der Waals surface area contributed by atoms with E-state index in [2.05, 4.69) is 4.90 Å². The van der Waals surface area contributed by atoms with Gasteiger partial charge in [0.2, 0.25) is 0 Å². The van der Waals surface area contributed by atoms with Gasteiger partial charge in [0.05, 0.1) is 11.0 Å². The molecule has 0 spiro atoms. The molecule has 1 heterocycles. The fourth-order valence-corrected chi connectivity index (χ4v) is 5.41. The number of carbonyl (C=O) groups excluding carboxylic acids is 2. The third kappa shape index (κ3) is 3.33. The molecular formula is C24H31NO8. The van der Waals surface area contributed by atoms with E-state index in [9.17, 15) is 24.9 Å². The fraction of sp³-hybridized carbons (Fsp3) is 0.583. The summed E-state index contributed by atoms with van der Waals surface area (Å²) in [5, 5.41) is 31.9. The van der Waals surface area contributed by atoms with Crippen molar-refractivity contribution in [3.05, 3.63) is 35.1 Å². The maximum Gasteiger partial charge on any atom is 0.352 e. The molecule has 1 aliphatic heterocycles. The van der Waals surface area contributed by atoms with Crippen LogP contribution in [0.4, 0.5) is 0 Å². The van der Waals surface area contributed by atoms with Crippen LogP contribution in [0.25, 0.3) is 0 Å². The Hall–Kier alpha value is -2.62. The van der Waals surface area contributed by atoms with E-state index >= 15 is 0 Å². The molecule has 0 saturated carbocycles. The summed E-state index contributed by atoms with van der Waals surface area (Å²) in [4.78, 5) is 26.4. The van der Waals surface area contributed by atoms with Gasteiger partial charge in [0.25, 0.3) is 0 Å². The Labute approximate surface area is 192 Å². The maximum atomic E-state index is 12.7. The van der Waals surface area contributed by atoms with Crippen molar-refractivity contribution in [2.75, 3.05) is 13.6 Å². The van der Waals surface area contributed by atoms with Crippen molar-refractivity contribution in [2.45, 2.75) is 75.9 Å². The van der Waals surface area contributed by atoms with Gasteiger partial charge in [-0.2, -0.15) is 0 Å². The average Bonchev–Trinajstić information content (AvgIpc) is 3.10. The second kappa shape index (κ2) is 8.00. The summed E-state index contributed by atoms with van der Waals surface area (Å²) in [5.41, 5.74) is -0.540. The molecule has 0 aromatic heterocycles. The summed E-state index contributed by atoms with van der Waals surface area (Å²) >= 11 is 0. The first-order valence-electron chi connectivity index (χ1n) is 11.2. The number of phenolic OH excluding ortho intramolecular Hbond substituents is 1. The Bertz CT molecular complexity index is 1020. The highest BCUT2D eigenvalue weighted by atomic mass is 16.6. The van der Waals surface area contributed by atoms with E-state index in [0.717, 1.165) is 17.7 Å². The molecule has 1 aromatic carbocycles. The average molecular weight is 462 g/mol. The van der Waals surface area contributed by atoms with Crippen LogP contribution in [-0.4, -0.2) is 75.7 Å². The van der Waals surface area contributed by atoms with Crippen LogP contribution in [0.2, 0.25) is 0 Å². The van der Waals surface area contributed by atoms with E-state index in [1.165, 1.54) is 13.8 Å². The molecule has 0 amide bonds. The van der Waals surface area contributed by atoms with E-state index in [1.54, 1.807) is 12.1 Å². The molecule has 0 fully saturated rings. The molecular weight excluding hydrogens is 430 g/mol. The Morgan fingerprint density at radius 1 is 1.30 bits per heavy atom. The highest BCUT2D eigenvalue weighted by molar-refractivity contribution is 5.81. The standard InChI is InChI=1S/C24H31NO8/c1-6-25(5)17-11-14-7-8-15(27)19-18(14)23(4)20(33-19)16(9-10-24(17,23)30)32-22(29)13(3)31-21(28)12(2)26/h7-9,12-13,17,20,26-27,30H,6,10-11H2,1-5H3/t12-,13-,17+,20-,23-,24+/m0/s1. The highest BCUT2D eigenvalue weighted by Gasteiger charge is 2.68. The van der Waals surface area contributed by atoms with Gasteiger partial charge in [0.1, 0.15) is 11.9 Å². The summed E-state index contributed by atoms with van der Waals surface area (Å²) in [6, 6.07) is 3.21. The van der Waals surface area contributed by atoms with Crippen LogP contribution >= 0.6 is 0 Å². The van der Waals surface area contributed by atoms with Crippen molar-refractivity contribution < 1.29 is 39.1 Å². The van der Waals surface area contributed by atoms with Crippen LogP contribution in [0.15, 0.2) is 24.0 Å². The summed E-state index contributed by atoms with van der Waals surface area (Å²) in [7, 11) is 1.96. The number of esters is 2. The SMILES string of the molecule is CCN(C)[C@@H]1Cc2ccc(O)c3c2[C@@]2(C)[C@@H](O3)C(OC(=O)[C@H](C)OC(=O)[C@H](C)O)=CC[C@@]12O. The molecule has 1 aromatic rings. The quantitative estimate of drug-likeness (QED) is 0.535. The van der Waals surface area contributed by atoms with Crippen LogP contribution < -0.4 is 4.74 Å². The molecule has 3 aliphatic rings. The van der Waals surface area contributed by atoms with Gasteiger partial charge >= 0.3 is 11.9 Å². The molecule has 33 heavy (non-hydrogen) atoms. The monoisotopic (exact) mass is 461 g/mol. The zero-order valence-corrected chi connectivity index (χ0v) is 19.5. The number of carbonyl (C=O) groups is 2. The topological polar surface area (TPSA) is 126 Å². The molecule has 0 unspecified atom stereocenters. The zero-order chi connectivity index (χ0) is 24.3. The summed E-state index contributed by atoms with van der Waals surface area (Å²) in [5.74, 6) is -1.33. The van der Waals surface area contributed by atoms with Crippen molar-refractivity contribution >= 4 is 11.9 Å². The van der Waals surface area contributed by atoms with Crippen LogP contribution in [0, 0.1) is 0 Å². The second-order valence-corrected chi connectivity index (χ2v) is 9.35. The molecule has 4 rings (SSSR count). The lowest BCUT2D eigenvalue weighted by Crippen LogP contribution is -2.69. The Morgan fingerprint density at radius 2 is 2.00 bits per heavy atom. The smallest absolute Gasteiger partial charge is 0.352 e. The third-order valence-corrected chi connectivity index (χ3v) is 7.45. The van der Waals surface area contributed by atoms with Gasteiger partial charge in [-0.15, -0.1) is 0 Å². The number of hydrogen-bond donors (Lipinski definition) is 3. The van der Waals surface area contributed by atoms with E-state index in [0.29, 0.717) is 6.42 Å². The van der Waals surface area contributed by atoms with Gasteiger partial charge in [0, 0.05) is 18.0 Å². The van der Waals surface area contributed by atoms with Crippen molar-refractivity contribution in [1.29, 1.82) is 0 Å². The summed E-state index contributed by atoms with van der Waals surface area (Å²) in [6.45, 7) is 7.22. The molecule has 2 aliphatic carbocycles. The van der Waals surface area contributed by atoms with Gasteiger partial charge in [-0.3, -0.25) is 0 Å². The number of nitrogens with zero attached hydrogens (tertiary/aromatic N) is 1. The van der Waals surface area contributed by atoms with Gasteiger partial charge in [-0.1, -0.05) is 13.0 Å². The molecule has 0 bridgehead atoms. The largest absolute Gasteiger partial charge is 0.504 e. The number of benzene rings is 1. The van der Waals surface area contributed by atoms with E-state index in [4.69, 9.17) is 14.2 Å². The molecule has 180 valence electrons. The van der Waals surface area contributed by atoms with Crippen LogP contribution in [0.5, 0.6) is 11.5 Å². The highest BCUT2D eigenvalue weighted by Crippen LogP contribution is 2.62. The molecule has 0 radical (unpaired) electrons. The third-order valence-electron chi connectivity index (χ3n) is 7.45. The van der Waals surface area contributed by atoms with E-state index < -0.39 is 41.3 Å². The van der Waals surface area contributed by atoms with E-state index in [-0.39, 0.29) is 29.7 Å². The molecule has 9 nitrogen and oxygen atoms in total. The lowest BCUT2D eigenvalue weighted by atomic mass is 9.54. The van der Waals surface area contributed by atoms with Crippen molar-refractivity contribution in [3.63, 3.8) is 0 Å². The predicted octanol–water partition coefficient (Wildman–Crippen LogP) is 1.16. The maximum absolute atomic E-state index is 12.7. The number of rotatable bonds is 6. The Morgan fingerprint density at radius 3 is 2.64 bits per heavy atom. The van der Waals surface area contributed by atoms with Crippen molar-refractivity contribution in [2.24, 2.45) is 0 Å². The van der Waals surface area contributed by atoms with E-state index in [1.807, 2.05) is 27.0 Å². The number of likely N-dealkylation sites (N-methyl/N-ethyl adjacent to an activating group) is 1. The molecule has 3 N–H and O–H groups in total. The van der Waals surface area contributed by atoms with Crippen molar-refractivity contribution in [1.82, 2.24) is 4.90 Å². The number of aliphatic hydroxyl groups excluding tert-OH is 1. The summed E-state index contributed by atoms with van der Waals surface area (Å²) < 4.78 is 16.7. The lowest BCUT2D eigenvalue weighted by Gasteiger charge is -2.56. The van der Waals surface area contributed by atoms with Crippen molar-refractivity contribution in [3.8, 4) is 11.5 Å². The number of hydrogen-bond acceptors (Lipinski definition) is 9. The Balaban J connectivity index is 1.72.